The minimum Gasteiger partial charge on any atom is -0.342 e. The van der Waals surface area contributed by atoms with E-state index >= 15 is 0 Å². The summed E-state index contributed by atoms with van der Waals surface area (Å²) >= 11 is 0. The molecule has 0 saturated carbocycles. The summed E-state index contributed by atoms with van der Waals surface area (Å²) in [4.78, 5) is 18.8. The third-order valence-corrected chi connectivity index (χ3v) is 5.96. The van der Waals surface area contributed by atoms with E-state index in [-0.39, 0.29) is 11.9 Å². The fourth-order valence-electron chi connectivity index (χ4n) is 4.16. The lowest BCUT2D eigenvalue weighted by atomic mass is 10.0. The van der Waals surface area contributed by atoms with Gasteiger partial charge in [0.1, 0.15) is 0 Å². The summed E-state index contributed by atoms with van der Waals surface area (Å²) in [5.41, 5.74) is 3.67. The molecule has 7 heteroatoms. The molecule has 0 radical (unpaired) electrons. The molecular weight excluding hydrogens is 391 g/mol. The van der Waals surface area contributed by atoms with Crippen LogP contribution in [0, 0.1) is 13.8 Å². The first-order chi connectivity index (χ1) is 14.2. The van der Waals surface area contributed by atoms with Gasteiger partial charge >= 0.3 is 6.18 Å². The Labute approximate surface area is 173 Å². The minimum absolute atomic E-state index is 0.118. The molecule has 0 atom stereocenters. The lowest BCUT2D eigenvalue weighted by Crippen LogP contribution is -2.39. The summed E-state index contributed by atoms with van der Waals surface area (Å²) in [6.07, 6.45) is -0.856. The number of piperidine rings is 1. The van der Waals surface area contributed by atoms with Gasteiger partial charge in [0, 0.05) is 19.1 Å². The van der Waals surface area contributed by atoms with Crippen molar-refractivity contribution in [2.75, 3.05) is 13.1 Å². The van der Waals surface area contributed by atoms with Crippen LogP contribution < -0.4 is 0 Å². The van der Waals surface area contributed by atoms with Gasteiger partial charge in [0.15, 0.2) is 0 Å². The fraction of sp³-hybridized carbons (Fsp3) is 0.391. The van der Waals surface area contributed by atoms with Crippen LogP contribution in [0.1, 0.15) is 41.1 Å². The van der Waals surface area contributed by atoms with Crippen LogP contribution in [-0.2, 0) is 17.4 Å². The number of carbonyl (C=O) groups excluding carboxylic acids is 1. The zero-order chi connectivity index (χ0) is 21.5. The van der Waals surface area contributed by atoms with Gasteiger partial charge in [-0.05, 0) is 56.0 Å². The van der Waals surface area contributed by atoms with E-state index in [1.54, 1.807) is 6.33 Å². The molecule has 0 bridgehead atoms. The highest BCUT2D eigenvalue weighted by molar-refractivity contribution is 5.79. The number of hydrogen-bond acceptors (Lipinski definition) is 2. The number of benzene rings is 2. The number of nitrogens with zero attached hydrogens (tertiary/aromatic N) is 3. The molecule has 30 heavy (non-hydrogen) atoms. The van der Waals surface area contributed by atoms with E-state index in [4.69, 9.17) is 0 Å². The smallest absolute Gasteiger partial charge is 0.342 e. The van der Waals surface area contributed by atoms with Crippen molar-refractivity contribution >= 4 is 16.9 Å². The highest BCUT2D eigenvalue weighted by Gasteiger charge is 2.31. The monoisotopic (exact) mass is 415 g/mol. The molecule has 1 aliphatic rings. The second-order valence-electron chi connectivity index (χ2n) is 8.07. The summed E-state index contributed by atoms with van der Waals surface area (Å²) in [6.45, 7) is 5.30. The highest BCUT2D eigenvalue weighted by atomic mass is 19.4. The van der Waals surface area contributed by atoms with Crippen molar-refractivity contribution in [3.63, 3.8) is 0 Å². The standard InChI is InChI=1S/C23H24F3N3O/c1-15-3-4-16(2)17(11-15)12-22(30)28-9-7-19(8-10-28)29-14-27-20-13-18(23(24,25)26)5-6-21(20)29/h3-6,11,13-14,19H,7-10,12H2,1-2H3. The van der Waals surface area contributed by atoms with Crippen LogP contribution in [0.5, 0.6) is 0 Å². The molecule has 0 unspecified atom stereocenters. The van der Waals surface area contributed by atoms with Gasteiger partial charge in [-0.25, -0.2) is 4.98 Å². The molecule has 2 heterocycles. The molecule has 158 valence electrons. The van der Waals surface area contributed by atoms with Crippen molar-refractivity contribution in [1.82, 2.24) is 14.5 Å². The first kappa shape index (κ1) is 20.4. The Kier molecular flexibility index (Phi) is 5.30. The zero-order valence-corrected chi connectivity index (χ0v) is 17.0. The number of halogens is 3. The predicted octanol–water partition coefficient (Wildman–Crippen LogP) is 5.08. The Morgan fingerprint density at radius 2 is 1.83 bits per heavy atom. The van der Waals surface area contributed by atoms with Gasteiger partial charge in [0.05, 0.1) is 29.3 Å². The molecule has 0 aliphatic carbocycles. The van der Waals surface area contributed by atoms with Gasteiger partial charge < -0.3 is 9.47 Å². The maximum Gasteiger partial charge on any atom is 0.416 e. The zero-order valence-electron chi connectivity index (χ0n) is 17.0. The Morgan fingerprint density at radius 1 is 1.10 bits per heavy atom. The third-order valence-electron chi connectivity index (χ3n) is 5.96. The summed E-state index contributed by atoms with van der Waals surface area (Å²) in [6, 6.07) is 9.95. The Morgan fingerprint density at radius 3 is 2.53 bits per heavy atom. The van der Waals surface area contributed by atoms with Gasteiger partial charge in [-0.15, -0.1) is 0 Å². The molecule has 0 N–H and O–H groups in total. The molecule has 4 rings (SSSR count). The van der Waals surface area contributed by atoms with Crippen LogP contribution in [0.2, 0.25) is 0 Å². The van der Waals surface area contributed by atoms with Crippen molar-refractivity contribution in [3.8, 4) is 0 Å². The number of likely N-dealkylation sites (tertiary alicyclic amines) is 1. The summed E-state index contributed by atoms with van der Waals surface area (Å²) in [5, 5.41) is 0. The normalized spacial score (nSPS) is 15.7. The van der Waals surface area contributed by atoms with Gasteiger partial charge in [0.25, 0.3) is 0 Å². The average molecular weight is 415 g/mol. The Bertz CT molecular complexity index is 1080. The van der Waals surface area contributed by atoms with Gasteiger partial charge in [-0.2, -0.15) is 13.2 Å². The van der Waals surface area contributed by atoms with E-state index in [0.717, 1.165) is 41.7 Å². The number of carbonyl (C=O) groups is 1. The quantitative estimate of drug-likeness (QED) is 0.599. The molecule has 3 aromatic rings. The molecule has 2 aromatic carbocycles. The summed E-state index contributed by atoms with van der Waals surface area (Å²) in [5.74, 6) is 0.118. The van der Waals surface area contributed by atoms with Crippen LogP contribution in [0.25, 0.3) is 11.0 Å². The molecule has 1 aromatic heterocycles. The van der Waals surface area contributed by atoms with E-state index in [9.17, 15) is 18.0 Å². The van der Waals surface area contributed by atoms with Gasteiger partial charge in [-0.1, -0.05) is 23.8 Å². The van der Waals surface area contributed by atoms with E-state index in [0.29, 0.717) is 30.5 Å². The molecule has 1 saturated heterocycles. The fourth-order valence-corrected chi connectivity index (χ4v) is 4.16. The lowest BCUT2D eigenvalue weighted by Gasteiger charge is -2.33. The molecule has 4 nitrogen and oxygen atoms in total. The van der Waals surface area contributed by atoms with Crippen molar-refractivity contribution in [2.45, 2.75) is 45.3 Å². The number of amides is 1. The number of aromatic nitrogens is 2. The third kappa shape index (κ3) is 4.06. The van der Waals surface area contributed by atoms with Crippen molar-refractivity contribution in [3.05, 3.63) is 65.0 Å². The summed E-state index contributed by atoms with van der Waals surface area (Å²) < 4.78 is 40.7. The number of imidazole rings is 1. The topological polar surface area (TPSA) is 38.1 Å². The SMILES string of the molecule is Cc1ccc(C)c(CC(=O)N2CCC(n3cnc4cc(C(F)(F)F)ccc43)CC2)c1. The first-order valence-corrected chi connectivity index (χ1v) is 10.1. The van der Waals surface area contributed by atoms with Crippen LogP contribution in [-0.4, -0.2) is 33.4 Å². The van der Waals surface area contributed by atoms with Gasteiger partial charge in [0.2, 0.25) is 5.91 Å². The second kappa shape index (κ2) is 7.78. The maximum atomic E-state index is 12.9. The van der Waals surface area contributed by atoms with E-state index in [1.807, 2.05) is 35.4 Å². The molecule has 1 amide bonds. The second-order valence-corrected chi connectivity index (χ2v) is 8.07. The minimum atomic E-state index is -4.38. The maximum absolute atomic E-state index is 12.9. The van der Waals surface area contributed by atoms with E-state index in [2.05, 4.69) is 11.1 Å². The lowest BCUT2D eigenvalue weighted by molar-refractivity contribution is -0.137. The molecule has 0 spiro atoms. The number of hydrogen-bond donors (Lipinski definition) is 0. The highest BCUT2D eigenvalue weighted by Crippen LogP contribution is 2.33. The van der Waals surface area contributed by atoms with E-state index in [1.165, 1.54) is 6.07 Å². The first-order valence-electron chi connectivity index (χ1n) is 10.1. The Hall–Kier alpha value is -2.83. The average Bonchev–Trinajstić information content (AvgIpc) is 3.13. The Balaban J connectivity index is 1.43. The van der Waals surface area contributed by atoms with Gasteiger partial charge in [-0.3, -0.25) is 4.79 Å². The van der Waals surface area contributed by atoms with Crippen LogP contribution >= 0.6 is 0 Å². The predicted molar refractivity (Wildman–Crippen MR) is 109 cm³/mol. The molecular formula is C23H24F3N3O. The number of alkyl halides is 3. The van der Waals surface area contributed by atoms with Crippen molar-refractivity contribution in [1.29, 1.82) is 0 Å². The summed E-state index contributed by atoms with van der Waals surface area (Å²) in [7, 11) is 0. The number of rotatable bonds is 3. The van der Waals surface area contributed by atoms with E-state index < -0.39 is 11.7 Å². The largest absolute Gasteiger partial charge is 0.416 e. The number of fused-ring (bicyclic) bond motifs is 1. The van der Waals surface area contributed by atoms with Crippen molar-refractivity contribution < 1.29 is 18.0 Å². The van der Waals surface area contributed by atoms with Crippen LogP contribution in [0.3, 0.4) is 0 Å². The number of aryl methyl sites for hydroxylation is 2. The van der Waals surface area contributed by atoms with Crippen LogP contribution in [0.4, 0.5) is 13.2 Å². The van der Waals surface area contributed by atoms with Crippen LogP contribution in [0.15, 0.2) is 42.7 Å². The van der Waals surface area contributed by atoms with Crippen molar-refractivity contribution in [2.24, 2.45) is 0 Å². The molecule has 1 fully saturated rings. The molecule has 1 aliphatic heterocycles.